The molecule has 0 radical (unpaired) electrons. The van der Waals surface area contributed by atoms with E-state index in [1.807, 2.05) is 13.0 Å². The highest BCUT2D eigenvalue weighted by Gasteiger charge is 1.95. The van der Waals surface area contributed by atoms with Crippen molar-refractivity contribution in [2.24, 2.45) is 0 Å². The minimum absolute atomic E-state index is 0.987. The molecule has 2 aromatic carbocycles. The minimum atomic E-state index is 0.987. The average Bonchev–Trinajstić information content (AvgIpc) is 2.33. The molecule has 0 amide bonds. The van der Waals surface area contributed by atoms with Crippen LogP contribution in [-0.4, -0.2) is 0 Å². The van der Waals surface area contributed by atoms with Crippen LogP contribution in [0.15, 0.2) is 54.6 Å². The lowest BCUT2D eigenvalue weighted by Crippen LogP contribution is -1.87. The molecule has 16 heavy (non-hydrogen) atoms. The van der Waals surface area contributed by atoms with Crippen molar-refractivity contribution in [2.45, 2.75) is 13.3 Å². The third-order valence-corrected chi connectivity index (χ3v) is 2.47. The van der Waals surface area contributed by atoms with Crippen LogP contribution in [0.1, 0.15) is 23.6 Å². The predicted molar refractivity (Wildman–Crippen MR) is 68.2 cm³/mol. The first-order chi connectivity index (χ1) is 7.88. The molecule has 0 spiro atoms. The largest absolute Gasteiger partial charge is 0.101 e. The van der Waals surface area contributed by atoms with Crippen LogP contribution in [0.3, 0.4) is 0 Å². The molecule has 2 rings (SSSR count). The van der Waals surface area contributed by atoms with E-state index in [0.29, 0.717) is 0 Å². The zero-order valence-electron chi connectivity index (χ0n) is 9.40. The standard InChI is InChI=1S/C16H14/c1-2-6-14-9-11-16(12-10-14)13-15-7-4-3-5-8-15/h3-5,7-12H,13H2,1H3. The van der Waals surface area contributed by atoms with Gasteiger partial charge in [-0.15, -0.1) is 5.92 Å². The Kier molecular flexibility index (Phi) is 3.41. The van der Waals surface area contributed by atoms with Crippen LogP contribution in [0.5, 0.6) is 0 Å². The molecule has 0 aliphatic rings. The molecule has 0 fully saturated rings. The Bertz CT molecular complexity index is 495. The summed E-state index contributed by atoms with van der Waals surface area (Å²) in [4.78, 5) is 0. The fourth-order valence-corrected chi connectivity index (χ4v) is 1.68. The summed E-state index contributed by atoms with van der Waals surface area (Å²) in [5.74, 6) is 5.95. The number of benzene rings is 2. The maximum absolute atomic E-state index is 3.05. The summed E-state index contributed by atoms with van der Waals surface area (Å²) in [6.07, 6.45) is 0.987. The molecule has 0 atom stereocenters. The molecule has 2 aromatic rings. The Morgan fingerprint density at radius 1 is 0.812 bits per heavy atom. The van der Waals surface area contributed by atoms with Gasteiger partial charge in [0.15, 0.2) is 0 Å². The van der Waals surface area contributed by atoms with Gasteiger partial charge in [0, 0.05) is 5.56 Å². The Morgan fingerprint density at radius 2 is 1.44 bits per heavy atom. The van der Waals surface area contributed by atoms with Crippen LogP contribution in [0.4, 0.5) is 0 Å². The Balaban J connectivity index is 2.13. The van der Waals surface area contributed by atoms with E-state index in [-0.39, 0.29) is 0 Å². The second-order valence-electron chi connectivity index (χ2n) is 3.73. The third-order valence-electron chi connectivity index (χ3n) is 2.47. The van der Waals surface area contributed by atoms with Gasteiger partial charge >= 0.3 is 0 Å². The van der Waals surface area contributed by atoms with E-state index in [4.69, 9.17) is 0 Å². The van der Waals surface area contributed by atoms with Crippen molar-refractivity contribution < 1.29 is 0 Å². The number of hydrogen-bond acceptors (Lipinski definition) is 0. The lowest BCUT2D eigenvalue weighted by molar-refractivity contribution is 1.19. The van der Waals surface area contributed by atoms with Gasteiger partial charge in [0.2, 0.25) is 0 Å². The maximum Gasteiger partial charge on any atom is 0.0245 e. The zero-order valence-corrected chi connectivity index (χ0v) is 9.40. The molecule has 0 nitrogen and oxygen atoms in total. The van der Waals surface area contributed by atoms with E-state index in [2.05, 4.69) is 60.4 Å². The van der Waals surface area contributed by atoms with Crippen LogP contribution in [-0.2, 0) is 6.42 Å². The highest BCUT2D eigenvalue weighted by Crippen LogP contribution is 2.10. The molecule has 0 saturated heterocycles. The van der Waals surface area contributed by atoms with Crippen molar-refractivity contribution in [1.82, 2.24) is 0 Å². The van der Waals surface area contributed by atoms with Gasteiger partial charge in [-0.2, -0.15) is 0 Å². The summed E-state index contributed by atoms with van der Waals surface area (Å²) in [7, 11) is 0. The molecule has 0 heteroatoms. The molecule has 0 bridgehead atoms. The fourth-order valence-electron chi connectivity index (χ4n) is 1.68. The Hall–Kier alpha value is -2.00. The fraction of sp³-hybridized carbons (Fsp3) is 0.125. The summed E-state index contributed by atoms with van der Waals surface area (Å²) >= 11 is 0. The Morgan fingerprint density at radius 3 is 2.06 bits per heavy atom. The van der Waals surface area contributed by atoms with Crippen LogP contribution in [0.25, 0.3) is 0 Å². The van der Waals surface area contributed by atoms with E-state index in [9.17, 15) is 0 Å². The van der Waals surface area contributed by atoms with Crippen LogP contribution in [0, 0.1) is 11.8 Å². The molecular weight excluding hydrogens is 192 g/mol. The molecular formula is C16H14. The van der Waals surface area contributed by atoms with Crippen molar-refractivity contribution in [3.8, 4) is 11.8 Å². The van der Waals surface area contributed by atoms with Crippen molar-refractivity contribution in [3.05, 3.63) is 71.3 Å². The van der Waals surface area contributed by atoms with Gasteiger partial charge in [0.25, 0.3) is 0 Å². The third kappa shape index (κ3) is 2.74. The van der Waals surface area contributed by atoms with Crippen molar-refractivity contribution in [1.29, 1.82) is 0 Å². The monoisotopic (exact) mass is 206 g/mol. The summed E-state index contributed by atoms with van der Waals surface area (Å²) < 4.78 is 0. The number of rotatable bonds is 2. The van der Waals surface area contributed by atoms with Gasteiger partial charge in [-0.3, -0.25) is 0 Å². The van der Waals surface area contributed by atoms with Crippen molar-refractivity contribution in [3.63, 3.8) is 0 Å². The second kappa shape index (κ2) is 5.19. The molecule has 0 heterocycles. The summed E-state index contributed by atoms with van der Waals surface area (Å²) in [5.41, 5.74) is 3.75. The summed E-state index contributed by atoms with van der Waals surface area (Å²) in [6.45, 7) is 1.86. The zero-order chi connectivity index (χ0) is 11.2. The SMILES string of the molecule is CC#Cc1ccc(Cc2ccccc2)cc1. The normalized spacial score (nSPS) is 9.31. The van der Waals surface area contributed by atoms with Gasteiger partial charge in [0.05, 0.1) is 0 Å². The highest BCUT2D eigenvalue weighted by atomic mass is 14.0. The van der Waals surface area contributed by atoms with Gasteiger partial charge in [-0.05, 0) is 36.6 Å². The smallest absolute Gasteiger partial charge is 0.0245 e. The van der Waals surface area contributed by atoms with Crippen molar-refractivity contribution in [2.75, 3.05) is 0 Å². The van der Waals surface area contributed by atoms with Crippen LogP contribution >= 0.6 is 0 Å². The molecule has 78 valence electrons. The van der Waals surface area contributed by atoms with Crippen LogP contribution < -0.4 is 0 Å². The highest BCUT2D eigenvalue weighted by molar-refractivity contribution is 5.37. The molecule has 0 aromatic heterocycles. The molecule has 0 aliphatic carbocycles. The first-order valence-corrected chi connectivity index (χ1v) is 5.44. The summed E-state index contributed by atoms with van der Waals surface area (Å²) in [6, 6.07) is 18.9. The van der Waals surface area contributed by atoms with Crippen LogP contribution in [0.2, 0.25) is 0 Å². The van der Waals surface area contributed by atoms with Gasteiger partial charge < -0.3 is 0 Å². The first kappa shape index (κ1) is 10.5. The lowest BCUT2D eigenvalue weighted by Gasteiger charge is -2.01. The molecule has 0 saturated carbocycles. The lowest BCUT2D eigenvalue weighted by atomic mass is 10.0. The minimum Gasteiger partial charge on any atom is -0.101 e. The van der Waals surface area contributed by atoms with E-state index in [0.717, 1.165) is 12.0 Å². The molecule has 0 aliphatic heterocycles. The summed E-state index contributed by atoms with van der Waals surface area (Å²) in [5, 5.41) is 0. The van der Waals surface area contributed by atoms with E-state index >= 15 is 0 Å². The quantitative estimate of drug-likeness (QED) is 0.658. The van der Waals surface area contributed by atoms with Gasteiger partial charge in [-0.1, -0.05) is 48.4 Å². The topological polar surface area (TPSA) is 0 Å². The van der Waals surface area contributed by atoms with E-state index < -0.39 is 0 Å². The number of hydrogen-bond donors (Lipinski definition) is 0. The van der Waals surface area contributed by atoms with E-state index in [1.54, 1.807) is 0 Å². The van der Waals surface area contributed by atoms with E-state index in [1.165, 1.54) is 11.1 Å². The average molecular weight is 206 g/mol. The molecule has 0 N–H and O–H groups in total. The van der Waals surface area contributed by atoms with Gasteiger partial charge in [-0.25, -0.2) is 0 Å². The molecule has 0 unspecified atom stereocenters. The predicted octanol–water partition coefficient (Wildman–Crippen LogP) is 3.65. The van der Waals surface area contributed by atoms with Crippen molar-refractivity contribution >= 4 is 0 Å². The maximum atomic E-state index is 3.05. The van der Waals surface area contributed by atoms with Gasteiger partial charge in [0.1, 0.15) is 0 Å². The Labute approximate surface area is 96.9 Å². The second-order valence-corrected chi connectivity index (χ2v) is 3.73. The first-order valence-electron chi connectivity index (χ1n) is 5.44.